The number of nitrogens with zero attached hydrogens (tertiary/aromatic N) is 1. The molecule has 0 aromatic heterocycles. The minimum absolute atomic E-state index is 0.0773. The van der Waals surface area contributed by atoms with Crippen LogP contribution in [0.15, 0.2) is 35.5 Å². The van der Waals surface area contributed by atoms with Crippen LogP contribution in [-0.2, 0) is 9.63 Å². The summed E-state index contributed by atoms with van der Waals surface area (Å²) in [5, 5.41) is 4.84. The summed E-state index contributed by atoms with van der Waals surface area (Å²) in [7, 11) is 0. The zero-order valence-electron chi connectivity index (χ0n) is 14.1. The molecule has 1 aromatic rings. The first-order valence-electron chi connectivity index (χ1n) is 8.66. The third kappa shape index (κ3) is 2.17. The molecule has 0 saturated heterocycles. The van der Waals surface area contributed by atoms with Gasteiger partial charge in [-0.2, -0.15) is 0 Å². The van der Waals surface area contributed by atoms with Crippen LogP contribution in [0.1, 0.15) is 45.1 Å². The Kier molecular flexibility index (Phi) is 3.61. The minimum atomic E-state index is -0.279. The highest BCUT2D eigenvalue weighted by Gasteiger charge is 2.67. The molecule has 1 heterocycles. The zero-order chi connectivity index (χ0) is 16.9. The average Bonchev–Trinajstić information content (AvgIpc) is 3.24. The van der Waals surface area contributed by atoms with Crippen LogP contribution in [0.4, 0.5) is 0 Å². The van der Waals surface area contributed by atoms with E-state index in [4.69, 9.17) is 16.4 Å². The van der Waals surface area contributed by atoms with Crippen molar-refractivity contribution in [3.05, 3.63) is 40.9 Å². The van der Waals surface area contributed by atoms with Gasteiger partial charge in [-0.3, -0.25) is 4.79 Å². The number of hydrogen-bond acceptors (Lipinski definition) is 3. The molecule has 2 aliphatic carbocycles. The molecule has 3 nitrogen and oxygen atoms in total. The molecule has 1 unspecified atom stereocenters. The topological polar surface area (TPSA) is 38.7 Å². The first-order chi connectivity index (χ1) is 11.4. The van der Waals surface area contributed by atoms with E-state index < -0.39 is 0 Å². The van der Waals surface area contributed by atoms with Crippen LogP contribution in [0, 0.1) is 17.3 Å². The number of oxime groups is 1. The van der Waals surface area contributed by atoms with Gasteiger partial charge in [0.15, 0.2) is 5.60 Å². The molecule has 3 aliphatic rings. The Balaban J connectivity index is 1.51. The van der Waals surface area contributed by atoms with Crippen molar-refractivity contribution in [2.75, 3.05) is 0 Å². The van der Waals surface area contributed by atoms with Crippen molar-refractivity contribution >= 4 is 29.2 Å². The Hall–Kier alpha value is -1.61. The summed E-state index contributed by atoms with van der Waals surface area (Å²) in [6.45, 7) is 4.55. The molecule has 1 aliphatic heterocycles. The highest BCUT2D eigenvalue weighted by atomic mass is 35.5. The number of carbonyl (C=O) groups excluding carboxylic acids is 1. The van der Waals surface area contributed by atoms with E-state index in [-0.39, 0.29) is 16.8 Å². The molecule has 2 saturated carbocycles. The standard InChI is InChI=1S/C20H22ClNO2/c1-19(2)14-8-9-15(11-14)20(19)12-17(22-24-20)18(23)10-7-13-5-3-4-6-16(13)21/h3-7,10,14-15H,8-9,11-12H2,1-2H3/b10-7+/t14-,15+,20?/m1/s1. The molecule has 4 heteroatoms. The first kappa shape index (κ1) is 15.9. The number of fused-ring (bicyclic) bond motifs is 3. The van der Waals surface area contributed by atoms with E-state index in [9.17, 15) is 4.79 Å². The van der Waals surface area contributed by atoms with Crippen molar-refractivity contribution in [1.29, 1.82) is 0 Å². The molecular weight excluding hydrogens is 322 g/mol. The Bertz CT molecular complexity index is 752. The SMILES string of the molecule is CC1(C)[C@@H]2CC[C@@H](C2)C12CC(C(=O)/C=C/c1ccccc1Cl)=NO2. The fourth-order valence-corrected chi connectivity index (χ4v) is 5.15. The van der Waals surface area contributed by atoms with Crippen molar-refractivity contribution < 1.29 is 9.63 Å². The number of ketones is 1. The Morgan fingerprint density at radius 1 is 1.29 bits per heavy atom. The second-order valence-corrected chi connectivity index (χ2v) is 8.25. The summed E-state index contributed by atoms with van der Waals surface area (Å²) in [4.78, 5) is 18.5. The molecule has 126 valence electrons. The minimum Gasteiger partial charge on any atom is -0.388 e. The van der Waals surface area contributed by atoms with E-state index in [0.717, 1.165) is 5.56 Å². The van der Waals surface area contributed by atoms with Gasteiger partial charge in [-0.25, -0.2) is 0 Å². The van der Waals surface area contributed by atoms with Gasteiger partial charge >= 0.3 is 0 Å². The van der Waals surface area contributed by atoms with Crippen LogP contribution < -0.4 is 0 Å². The Morgan fingerprint density at radius 3 is 2.75 bits per heavy atom. The number of rotatable bonds is 3. The summed E-state index contributed by atoms with van der Waals surface area (Å²) in [6.07, 6.45) is 7.62. The highest BCUT2D eigenvalue weighted by molar-refractivity contribution is 6.45. The number of benzene rings is 1. The number of halogens is 1. The van der Waals surface area contributed by atoms with Gasteiger partial charge in [-0.05, 0) is 49.0 Å². The molecular formula is C20H22ClNO2. The lowest BCUT2D eigenvalue weighted by atomic mass is 9.63. The maximum atomic E-state index is 12.5. The largest absolute Gasteiger partial charge is 0.388 e. The number of allylic oxidation sites excluding steroid dienone is 1. The molecule has 0 amide bonds. The maximum absolute atomic E-state index is 12.5. The Labute approximate surface area is 147 Å². The molecule has 0 N–H and O–H groups in total. The van der Waals surface area contributed by atoms with Gasteiger partial charge in [0.2, 0.25) is 5.78 Å². The van der Waals surface area contributed by atoms with Crippen LogP contribution in [0.25, 0.3) is 6.08 Å². The van der Waals surface area contributed by atoms with Gasteiger partial charge in [0.25, 0.3) is 0 Å². The lowest BCUT2D eigenvalue weighted by Crippen LogP contribution is -2.49. The van der Waals surface area contributed by atoms with Crippen LogP contribution in [0.2, 0.25) is 5.02 Å². The molecule has 1 spiro atoms. The molecule has 2 bridgehead atoms. The monoisotopic (exact) mass is 343 g/mol. The maximum Gasteiger partial charge on any atom is 0.203 e. The second-order valence-electron chi connectivity index (χ2n) is 7.84. The van der Waals surface area contributed by atoms with E-state index in [2.05, 4.69) is 19.0 Å². The predicted octanol–water partition coefficient (Wildman–Crippen LogP) is 4.89. The lowest BCUT2D eigenvalue weighted by molar-refractivity contribution is -0.135. The third-order valence-corrected chi connectivity index (χ3v) is 6.90. The molecule has 1 aromatic carbocycles. The quantitative estimate of drug-likeness (QED) is 0.732. The summed E-state index contributed by atoms with van der Waals surface area (Å²) in [6, 6.07) is 7.48. The van der Waals surface area contributed by atoms with Gasteiger partial charge in [-0.1, -0.05) is 48.8 Å². The molecule has 24 heavy (non-hydrogen) atoms. The van der Waals surface area contributed by atoms with Crippen LogP contribution >= 0.6 is 11.6 Å². The van der Waals surface area contributed by atoms with Crippen LogP contribution in [0.3, 0.4) is 0 Å². The summed E-state index contributed by atoms with van der Waals surface area (Å²) < 4.78 is 0. The van der Waals surface area contributed by atoms with Crippen molar-refractivity contribution in [3.8, 4) is 0 Å². The second kappa shape index (κ2) is 5.45. The van der Waals surface area contributed by atoms with E-state index >= 15 is 0 Å². The molecule has 2 fully saturated rings. The predicted molar refractivity (Wildman–Crippen MR) is 96.0 cm³/mol. The van der Waals surface area contributed by atoms with E-state index in [1.807, 2.05) is 24.3 Å². The lowest BCUT2D eigenvalue weighted by Gasteiger charge is -2.44. The average molecular weight is 344 g/mol. The van der Waals surface area contributed by atoms with Crippen molar-refractivity contribution in [2.45, 2.75) is 45.1 Å². The van der Waals surface area contributed by atoms with Gasteiger partial charge in [0.05, 0.1) is 0 Å². The van der Waals surface area contributed by atoms with Crippen molar-refractivity contribution in [2.24, 2.45) is 22.4 Å². The molecule has 4 rings (SSSR count). The van der Waals surface area contributed by atoms with Crippen LogP contribution in [-0.4, -0.2) is 17.1 Å². The molecule has 3 atom stereocenters. The zero-order valence-corrected chi connectivity index (χ0v) is 14.8. The summed E-state index contributed by atoms with van der Waals surface area (Å²) in [5.74, 6) is 1.13. The first-order valence-corrected chi connectivity index (χ1v) is 9.04. The van der Waals surface area contributed by atoms with E-state index in [1.54, 1.807) is 12.2 Å². The Morgan fingerprint density at radius 2 is 2.04 bits per heavy atom. The fraction of sp³-hybridized carbons (Fsp3) is 0.500. The number of hydrogen-bond donors (Lipinski definition) is 0. The summed E-state index contributed by atoms with van der Waals surface area (Å²) in [5.41, 5.74) is 1.17. The number of carbonyl (C=O) groups is 1. The van der Waals surface area contributed by atoms with E-state index in [0.29, 0.717) is 29.0 Å². The summed E-state index contributed by atoms with van der Waals surface area (Å²) >= 11 is 6.13. The third-order valence-electron chi connectivity index (χ3n) is 6.56. The normalized spacial score (nSPS) is 33.2. The van der Waals surface area contributed by atoms with Crippen LogP contribution in [0.5, 0.6) is 0 Å². The van der Waals surface area contributed by atoms with Gasteiger partial charge in [-0.15, -0.1) is 0 Å². The fourth-order valence-electron chi connectivity index (χ4n) is 4.95. The van der Waals surface area contributed by atoms with E-state index in [1.165, 1.54) is 19.3 Å². The van der Waals surface area contributed by atoms with Crippen molar-refractivity contribution in [3.63, 3.8) is 0 Å². The van der Waals surface area contributed by atoms with Crippen molar-refractivity contribution in [1.82, 2.24) is 0 Å². The van der Waals surface area contributed by atoms with Gasteiger partial charge in [0.1, 0.15) is 5.71 Å². The highest BCUT2D eigenvalue weighted by Crippen LogP contribution is 2.65. The molecule has 0 radical (unpaired) electrons. The van der Waals surface area contributed by atoms with Gasteiger partial charge in [0, 0.05) is 22.8 Å². The van der Waals surface area contributed by atoms with Gasteiger partial charge < -0.3 is 4.84 Å². The smallest absolute Gasteiger partial charge is 0.203 e.